The van der Waals surface area contributed by atoms with Crippen molar-refractivity contribution < 1.29 is 9.84 Å². The number of nitrogens with one attached hydrogen (secondary N) is 1. The lowest BCUT2D eigenvalue weighted by Crippen LogP contribution is -2.25. The van der Waals surface area contributed by atoms with Gasteiger partial charge in [-0.1, -0.05) is 28.1 Å². The van der Waals surface area contributed by atoms with E-state index in [-0.39, 0.29) is 12.1 Å². The van der Waals surface area contributed by atoms with Crippen LogP contribution < -0.4 is 5.32 Å². The third-order valence-electron chi connectivity index (χ3n) is 2.64. The van der Waals surface area contributed by atoms with Crippen LogP contribution in [0, 0.1) is 0 Å². The van der Waals surface area contributed by atoms with Crippen molar-refractivity contribution in [2.24, 2.45) is 0 Å². The Balaban J connectivity index is 2.32. The van der Waals surface area contributed by atoms with Gasteiger partial charge in [0.05, 0.1) is 12.7 Å². The summed E-state index contributed by atoms with van der Waals surface area (Å²) in [6, 6.07) is 8.51. The minimum Gasteiger partial charge on any atom is -0.391 e. The van der Waals surface area contributed by atoms with Gasteiger partial charge in [-0.3, -0.25) is 0 Å². The second kappa shape index (κ2) is 7.82. The summed E-state index contributed by atoms with van der Waals surface area (Å²) >= 11 is 3.46. The van der Waals surface area contributed by atoms with Crippen LogP contribution in [0.5, 0.6) is 0 Å². The molecule has 0 heterocycles. The largest absolute Gasteiger partial charge is 0.391 e. The lowest BCUT2D eigenvalue weighted by Gasteiger charge is -2.16. The number of benzene rings is 1. The molecule has 2 N–H and O–H groups in total. The molecule has 0 aliphatic heterocycles. The first-order chi connectivity index (χ1) is 8.13. The Kier molecular flexibility index (Phi) is 6.73. The van der Waals surface area contributed by atoms with Crippen molar-refractivity contribution in [3.63, 3.8) is 0 Å². The summed E-state index contributed by atoms with van der Waals surface area (Å²) in [6.07, 6.45) is 0.314. The van der Waals surface area contributed by atoms with Crippen LogP contribution in [0.15, 0.2) is 28.7 Å². The molecule has 0 radical (unpaired) electrons. The second-order valence-corrected chi connectivity index (χ2v) is 5.04. The molecule has 17 heavy (non-hydrogen) atoms. The number of halogens is 1. The molecule has 1 aromatic carbocycles. The van der Waals surface area contributed by atoms with Gasteiger partial charge >= 0.3 is 0 Å². The van der Waals surface area contributed by atoms with Gasteiger partial charge in [0.15, 0.2) is 0 Å². The topological polar surface area (TPSA) is 41.5 Å². The van der Waals surface area contributed by atoms with E-state index in [4.69, 9.17) is 4.74 Å². The molecule has 0 fully saturated rings. The fourth-order valence-corrected chi connectivity index (χ4v) is 2.05. The van der Waals surface area contributed by atoms with Gasteiger partial charge in [-0.2, -0.15) is 0 Å². The van der Waals surface area contributed by atoms with Crippen LogP contribution in [0.1, 0.15) is 24.9 Å². The molecule has 0 bridgehead atoms. The maximum Gasteiger partial charge on any atom is 0.0785 e. The first-order valence-electron chi connectivity index (χ1n) is 5.79. The number of hydrogen-bond acceptors (Lipinski definition) is 3. The minimum absolute atomic E-state index is 0.280. The first kappa shape index (κ1) is 14.6. The number of hydrogen-bond donors (Lipinski definition) is 2. The Morgan fingerprint density at radius 3 is 2.88 bits per heavy atom. The van der Waals surface area contributed by atoms with E-state index in [0.29, 0.717) is 13.0 Å². The van der Waals surface area contributed by atoms with Crippen LogP contribution in [0.2, 0.25) is 0 Å². The number of aliphatic hydroxyl groups is 1. The highest BCUT2D eigenvalue weighted by Gasteiger charge is 2.07. The number of rotatable bonds is 7. The third-order valence-corrected chi connectivity index (χ3v) is 3.13. The zero-order chi connectivity index (χ0) is 12.7. The SMILES string of the molecule is COCC(O)CCNC(C)c1cccc(Br)c1. The normalized spacial score (nSPS) is 14.6. The molecule has 0 amide bonds. The van der Waals surface area contributed by atoms with Gasteiger partial charge in [-0.05, 0) is 37.6 Å². The third kappa shape index (κ3) is 5.64. The smallest absolute Gasteiger partial charge is 0.0785 e. The van der Waals surface area contributed by atoms with Crippen LogP contribution in [-0.4, -0.2) is 31.5 Å². The Morgan fingerprint density at radius 2 is 2.24 bits per heavy atom. The molecule has 0 spiro atoms. The molecule has 1 aromatic rings. The van der Waals surface area contributed by atoms with Crippen molar-refractivity contribution in [2.75, 3.05) is 20.3 Å². The Morgan fingerprint density at radius 1 is 1.47 bits per heavy atom. The molecule has 0 saturated carbocycles. The predicted molar refractivity (Wildman–Crippen MR) is 73.1 cm³/mol. The fourth-order valence-electron chi connectivity index (χ4n) is 1.64. The summed E-state index contributed by atoms with van der Waals surface area (Å²) in [5.74, 6) is 0. The Hall–Kier alpha value is -0.420. The Labute approximate surface area is 111 Å². The molecule has 2 unspecified atom stereocenters. The van der Waals surface area contributed by atoms with E-state index < -0.39 is 0 Å². The van der Waals surface area contributed by atoms with E-state index >= 15 is 0 Å². The van der Waals surface area contributed by atoms with Crippen molar-refractivity contribution in [2.45, 2.75) is 25.5 Å². The van der Waals surface area contributed by atoms with E-state index in [0.717, 1.165) is 11.0 Å². The van der Waals surface area contributed by atoms with Gasteiger partial charge in [0.1, 0.15) is 0 Å². The van der Waals surface area contributed by atoms with Crippen molar-refractivity contribution in [1.29, 1.82) is 0 Å². The summed E-state index contributed by atoms with van der Waals surface area (Å²) in [5, 5.41) is 12.9. The van der Waals surface area contributed by atoms with Gasteiger partial charge < -0.3 is 15.2 Å². The zero-order valence-electron chi connectivity index (χ0n) is 10.3. The maximum absolute atomic E-state index is 9.50. The van der Waals surface area contributed by atoms with E-state index in [2.05, 4.69) is 40.3 Å². The van der Waals surface area contributed by atoms with E-state index in [9.17, 15) is 5.11 Å². The lowest BCUT2D eigenvalue weighted by atomic mass is 10.1. The molecule has 1 rings (SSSR count). The predicted octanol–water partition coefficient (Wildman–Crippen LogP) is 2.50. The van der Waals surface area contributed by atoms with Gasteiger partial charge in [0, 0.05) is 17.6 Å². The van der Waals surface area contributed by atoms with Crippen molar-refractivity contribution >= 4 is 15.9 Å². The van der Waals surface area contributed by atoms with Gasteiger partial charge in [-0.25, -0.2) is 0 Å². The maximum atomic E-state index is 9.50. The molecular weight excluding hydrogens is 282 g/mol. The van der Waals surface area contributed by atoms with Crippen molar-refractivity contribution in [3.05, 3.63) is 34.3 Å². The quantitative estimate of drug-likeness (QED) is 0.813. The summed E-state index contributed by atoms with van der Waals surface area (Å²) in [5.41, 5.74) is 1.24. The Bertz CT molecular complexity index is 333. The van der Waals surface area contributed by atoms with Crippen LogP contribution in [-0.2, 0) is 4.74 Å². The minimum atomic E-state index is -0.387. The molecule has 96 valence electrons. The number of ether oxygens (including phenoxy) is 1. The van der Waals surface area contributed by atoms with Gasteiger partial charge in [-0.15, -0.1) is 0 Å². The van der Waals surface area contributed by atoms with E-state index in [1.54, 1.807) is 7.11 Å². The summed E-state index contributed by atoms with van der Waals surface area (Å²) < 4.78 is 5.96. The van der Waals surface area contributed by atoms with Crippen molar-refractivity contribution in [1.82, 2.24) is 5.32 Å². The highest BCUT2D eigenvalue weighted by atomic mass is 79.9. The van der Waals surface area contributed by atoms with Gasteiger partial charge in [0.25, 0.3) is 0 Å². The van der Waals surface area contributed by atoms with Crippen molar-refractivity contribution in [3.8, 4) is 0 Å². The standard InChI is InChI=1S/C13H20BrNO2/c1-10(11-4-3-5-12(14)8-11)15-7-6-13(16)9-17-2/h3-5,8,10,13,15-16H,6-7,9H2,1-2H3. The fraction of sp³-hybridized carbons (Fsp3) is 0.538. The van der Waals surface area contributed by atoms with Crippen LogP contribution in [0.3, 0.4) is 0 Å². The summed E-state index contributed by atoms with van der Waals surface area (Å²) in [6.45, 7) is 3.29. The highest BCUT2D eigenvalue weighted by molar-refractivity contribution is 9.10. The van der Waals surface area contributed by atoms with Crippen LogP contribution in [0.25, 0.3) is 0 Å². The average Bonchev–Trinajstić information content (AvgIpc) is 2.29. The molecular formula is C13H20BrNO2. The molecule has 3 nitrogen and oxygen atoms in total. The summed E-state index contributed by atoms with van der Waals surface area (Å²) in [4.78, 5) is 0. The molecule has 0 aromatic heterocycles. The molecule has 0 aliphatic rings. The summed E-state index contributed by atoms with van der Waals surface area (Å²) in [7, 11) is 1.60. The van der Waals surface area contributed by atoms with E-state index in [1.807, 2.05) is 12.1 Å². The molecule has 0 aliphatic carbocycles. The van der Waals surface area contributed by atoms with Crippen LogP contribution in [0.4, 0.5) is 0 Å². The molecule has 2 atom stereocenters. The molecule has 4 heteroatoms. The number of methoxy groups -OCH3 is 1. The lowest BCUT2D eigenvalue weighted by molar-refractivity contribution is 0.0590. The first-order valence-corrected chi connectivity index (χ1v) is 6.58. The average molecular weight is 302 g/mol. The van der Waals surface area contributed by atoms with Crippen LogP contribution >= 0.6 is 15.9 Å². The van der Waals surface area contributed by atoms with E-state index in [1.165, 1.54) is 5.56 Å². The number of aliphatic hydroxyl groups excluding tert-OH is 1. The second-order valence-electron chi connectivity index (χ2n) is 4.13. The monoisotopic (exact) mass is 301 g/mol. The molecule has 0 saturated heterocycles. The highest BCUT2D eigenvalue weighted by Crippen LogP contribution is 2.17. The van der Waals surface area contributed by atoms with Gasteiger partial charge in [0.2, 0.25) is 0 Å². The zero-order valence-corrected chi connectivity index (χ0v) is 11.9.